The van der Waals surface area contributed by atoms with Gasteiger partial charge in [0.25, 0.3) is 5.91 Å². The van der Waals surface area contributed by atoms with Crippen LogP contribution in [-0.2, 0) is 29.0 Å². The molecule has 8 heteroatoms. The third kappa shape index (κ3) is 3.00. The average Bonchev–Trinajstić information content (AvgIpc) is 3.25. The van der Waals surface area contributed by atoms with Crippen molar-refractivity contribution >= 4 is 46.1 Å². The largest absolute Gasteiger partial charge is 0.463 e. The van der Waals surface area contributed by atoms with Crippen LogP contribution in [-0.4, -0.2) is 32.9 Å². The average molecular weight is 486 g/mol. The van der Waals surface area contributed by atoms with Crippen LogP contribution in [0.2, 0.25) is 5.02 Å². The van der Waals surface area contributed by atoms with Gasteiger partial charge in [-0.15, -0.1) is 0 Å². The molecule has 6 nitrogen and oxygen atoms in total. The summed E-state index contributed by atoms with van der Waals surface area (Å²) in [6.07, 6.45) is 3.78. The molecule has 0 saturated heterocycles. The van der Waals surface area contributed by atoms with Crippen LogP contribution in [0.5, 0.6) is 0 Å². The minimum Gasteiger partial charge on any atom is -0.463 e. The molecule has 4 rings (SSSR count). The van der Waals surface area contributed by atoms with Gasteiger partial charge in [0.1, 0.15) is 12.6 Å². The number of amides is 1. The van der Waals surface area contributed by atoms with Gasteiger partial charge in [-0.1, -0.05) is 11.6 Å². The smallest absolute Gasteiger partial charge is 0.302 e. The summed E-state index contributed by atoms with van der Waals surface area (Å²) < 4.78 is 8.31. The molecule has 1 aromatic carbocycles. The van der Waals surface area contributed by atoms with E-state index in [-0.39, 0.29) is 18.5 Å². The summed E-state index contributed by atoms with van der Waals surface area (Å²) >= 11 is 8.52. The van der Waals surface area contributed by atoms with E-state index >= 15 is 0 Å². The number of esters is 1. The van der Waals surface area contributed by atoms with Crippen molar-refractivity contribution < 1.29 is 14.3 Å². The fourth-order valence-corrected chi connectivity index (χ4v) is 4.79. The van der Waals surface area contributed by atoms with Crippen LogP contribution in [0.15, 0.2) is 18.5 Å². The highest BCUT2D eigenvalue weighted by Gasteiger charge is 2.38. The van der Waals surface area contributed by atoms with Crippen molar-refractivity contribution in [3.63, 3.8) is 0 Å². The van der Waals surface area contributed by atoms with E-state index in [1.807, 2.05) is 18.5 Å². The van der Waals surface area contributed by atoms with Crippen LogP contribution in [0.1, 0.15) is 46.7 Å². The Kier molecular flexibility index (Phi) is 4.68. The number of carbonyl (C=O) groups is 2. The Bertz CT molecular complexity index is 911. The standard InChI is InChI=1S/C18H17ClIN3O3/c1-10(24)26-8-16(17-15-3-2-4-22(15)9-21-17)23-7-13-12(18(23)25)5-11(20)6-14(13)19/h5-6,9,16H,2-4,7-8H2,1H3. The van der Waals surface area contributed by atoms with E-state index in [4.69, 9.17) is 16.3 Å². The summed E-state index contributed by atoms with van der Waals surface area (Å²) in [5.41, 5.74) is 3.37. The molecule has 26 heavy (non-hydrogen) atoms. The SMILES string of the molecule is CC(=O)OCC(c1ncn2c1CCC2)N1Cc2c(Cl)cc(I)cc2C1=O. The Morgan fingerprint density at radius 2 is 2.27 bits per heavy atom. The van der Waals surface area contributed by atoms with E-state index in [2.05, 4.69) is 32.1 Å². The summed E-state index contributed by atoms with van der Waals surface area (Å²) in [5, 5.41) is 0.587. The second-order valence-electron chi connectivity index (χ2n) is 6.54. The summed E-state index contributed by atoms with van der Waals surface area (Å²) in [6.45, 7) is 2.78. The normalized spacial score (nSPS) is 16.6. The number of fused-ring (bicyclic) bond motifs is 2. The van der Waals surface area contributed by atoms with Crippen LogP contribution >= 0.6 is 34.2 Å². The molecule has 2 aliphatic heterocycles. The number of aromatic nitrogens is 2. The van der Waals surface area contributed by atoms with E-state index in [1.54, 1.807) is 4.90 Å². The van der Waals surface area contributed by atoms with E-state index < -0.39 is 6.04 Å². The molecule has 0 radical (unpaired) electrons. The highest BCUT2D eigenvalue weighted by atomic mass is 127. The summed E-state index contributed by atoms with van der Waals surface area (Å²) in [6, 6.07) is 3.29. The van der Waals surface area contributed by atoms with Crippen molar-refractivity contribution in [1.82, 2.24) is 14.5 Å². The van der Waals surface area contributed by atoms with Crippen molar-refractivity contribution in [1.29, 1.82) is 0 Å². The molecule has 2 aliphatic rings. The maximum atomic E-state index is 13.1. The summed E-state index contributed by atoms with van der Waals surface area (Å²) in [5.74, 6) is -0.472. The number of hydrogen-bond donors (Lipinski definition) is 0. The molecule has 1 aromatic heterocycles. The zero-order valence-electron chi connectivity index (χ0n) is 14.2. The van der Waals surface area contributed by atoms with Gasteiger partial charge in [0.05, 0.1) is 12.0 Å². The second kappa shape index (κ2) is 6.84. The number of nitrogens with zero attached hydrogens (tertiary/aromatic N) is 3. The van der Waals surface area contributed by atoms with Crippen molar-refractivity contribution in [3.05, 3.63) is 49.6 Å². The molecule has 3 heterocycles. The first-order valence-corrected chi connectivity index (χ1v) is 9.87. The predicted octanol–water partition coefficient (Wildman–Crippen LogP) is 3.35. The number of ether oxygens (including phenoxy) is 1. The molecule has 0 N–H and O–H groups in total. The van der Waals surface area contributed by atoms with Crippen LogP contribution in [0.4, 0.5) is 0 Å². The molecule has 1 amide bonds. The number of carbonyl (C=O) groups excluding carboxylic acids is 2. The summed E-state index contributed by atoms with van der Waals surface area (Å²) in [4.78, 5) is 30.7. The fraction of sp³-hybridized carbons (Fsp3) is 0.389. The highest BCUT2D eigenvalue weighted by Crippen LogP contribution is 2.37. The molecule has 136 valence electrons. The first kappa shape index (κ1) is 17.8. The minimum absolute atomic E-state index is 0.0911. The van der Waals surface area contributed by atoms with Crippen molar-refractivity contribution in [2.45, 2.75) is 38.9 Å². The molecular formula is C18H17ClIN3O3. The summed E-state index contributed by atoms with van der Waals surface area (Å²) in [7, 11) is 0. The van der Waals surface area contributed by atoms with Gasteiger partial charge < -0.3 is 14.2 Å². The molecule has 0 saturated carbocycles. The first-order chi connectivity index (χ1) is 12.5. The third-order valence-corrected chi connectivity index (χ3v) is 5.87. The zero-order valence-corrected chi connectivity index (χ0v) is 17.1. The quantitative estimate of drug-likeness (QED) is 0.492. The lowest BCUT2D eigenvalue weighted by atomic mass is 10.1. The van der Waals surface area contributed by atoms with Crippen LogP contribution in [0.3, 0.4) is 0 Å². The van der Waals surface area contributed by atoms with Gasteiger partial charge in [0, 0.05) is 45.4 Å². The van der Waals surface area contributed by atoms with Gasteiger partial charge in [-0.05, 0) is 47.6 Å². The lowest BCUT2D eigenvalue weighted by molar-refractivity contribution is -0.142. The van der Waals surface area contributed by atoms with Crippen molar-refractivity contribution in [3.8, 4) is 0 Å². The molecule has 0 spiro atoms. The Morgan fingerprint density at radius 1 is 1.46 bits per heavy atom. The maximum absolute atomic E-state index is 13.1. The van der Waals surface area contributed by atoms with Crippen LogP contribution in [0, 0.1) is 3.57 Å². The maximum Gasteiger partial charge on any atom is 0.302 e. The number of aryl methyl sites for hydroxylation is 1. The Labute approximate surface area is 169 Å². The van der Waals surface area contributed by atoms with E-state index in [0.29, 0.717) is 17.1 Å². The number of halogens is 2. The van der Waals surface area contributed by atoms with Gasteiger partial charge in [-0.25, -0.2) is 4.98 Å². The van der Waals surface area contributed by atoms with Crippen molar-refractivity contribution in [2.75, 3.05) is 6.61 Å². The number of benzene rings is 1. The Morgan fingerprint density at radius 3 is 3.04 bits per heavy atom. The Hall–Kier alpha value is -1.61. The molecule has 2 aromatic rings. The van der Waals surface area contributed by atoms with E-state index in [1.165, 1.54) is 6.92 Å². The second-order valence-corrected chi connectivity index (χ2v) is 8.19. The van der Waals surface area contributed by atoms with Gasteiger partial charge >= 0.3 is 5.97 Å². The lowest BCUT2D eigenvalue weighted by Crippen LogP contribution is -2.33. The van der Waals surface area contributed by atoms with Gasteiger partial charge in [0.2, 0.25) is 0 Å². The van der Waals surface area contributed by atoms with Gasteiger partial charge in [-0.3, -0.25) is 9.59 Å². The molecule has 1 unspecified atom stereocenters. The number of imidazole rings is 1. The monoisotopic (exact) mass is 485 g/mol. The predicted molar refractivity (Wildman–Crippen MR) is 104 cm³/mol. The molecule has 0 bridgehead atoms. The molecule has 1 atom stereocenters. The highest BCUT2D eigenvalue weighted by molar-refractivity contribution is 14.1. The van der Waals surface area contributed by atoms with E-state index in [0.717, 1.165) is 39.9 Å². The van der Waals surface area contributed by atoms with Crippen molar-refractivity contribution in [2.24, 2.45) is 0 Å². The molecule has 0 fully saturated rings. The molecular weight excluding hydrogens is 469 g/mol. The minimum atomic E-state index is -0.415. The zero-order chi connectivity index (χ0) is 18.4. The number of rotatable bonds is 4. The van der Waals surface area contributed by atoms with E-state index in [9.17, 15) is 9.59 Å². The van der Waals surface area contributed by atoms with Gasteiger partial charge in [0.15, 0.2) is 0 Å². The lowest BCUT2D eigenvalue weighted by Gasteiger charge is -2.27. The fourth-order valence-electron chi connectivity index (χ4n) is 3.70. The Balaban J connectivity index is 1.72. The first-order valence-electron chi connectivity index (χ1n) is 8.42. The topological polar surface area (TPSA) is 64.4 Å². The van der Waals surface area contributed by atoms with Gasteiger partial charge in [-0.2, -0.15) is 0 Å². The van der Waals surface area contributed by atoms with Crippen LogP contribution < -0.4 is 0 Å². The number of hydrogen-bond acceptors (Lipinski definition) is 4. The molecule has 0 aliphatic carbocycles. The third-order valence-electron chi connectivity index (χ3n) is 4.91. The van der Waals surface area contributed by atoms with Crippen LogP contribution in [0.25, 0.3) is 0 Å².